The van der Waals surface area contributed by atoms with Gasteiger partial charge in [0.1, 0.15) is 0 Å². The molecule has 0 radical (unpaired) electrons. The van der Waals surface area contributed by atoms with Gasteiger partial charge in [-0.3, -0.25) is 19.5 Å². The lowest BCUT2D eigenvalue weighted by atomic mass is 9.84. The average Bonchev–Trinajstić information content (AvgIpc) is 3.33. The van der Waals surface area contributed by atoms with E-state index in [4.69, 9.17) is 5.11 Å². The van der Waals surface area contributed by atoms with Crippen LogP contribution in [0.3, 0.4) is 0 Å². The van der Waals surface area contributed by atoms with Gasteiger partial charge < -0.3 is 10.4 Å². The summed E-state index contributed by atoms with van der Waals surface area (Å²) in [5.74, 6) is -0.310. The zero-order valence-corrected chi connectivity index (χ0v) is 14.0. The van der Waals surface area contributed by atoms with Crippen molar-refractivity contribution in [3.63, 3.8) is 0 Å². The van der Waals surface area contributed by atoms with Crippen LogP contribution in [0.5, 0.6) is 0 Å². The van der Waals surface area contributed by atoms with Crippen LogP contribution in [0.4, 0.5) is 0 Å². The Hall–Kier alpha value is -1.95. The Morgan fingerprint density at radius 2 is 2.17 bits per heavy atom. The van der Waals surface area contributed by atoms with Crippen LogP contribution < -0.4 is 5.32 Å². The molecule has 0 bridgehead atoms. The molecule has 2 N–H and O–H groups in total. The molecule has 130 valence electrons. The summed E-state index contributed by atoms with van der Waals surface area (Å²) in [6.45, 7) is 2.87. The number of carbonyl (C=O) groups excluding carboxylic acids is 1. The number of carboxylic acid groups (broad SMARTS) is 1. The van der Waals surface area contributed by atoms with Gasteiger partial charge in [0.05, 0.1) is 12.5 Å². The number of nitrogens with one attached hydrogen (secondary N) is 1. The number of nitrogens with zero attached hydrogens (tertiary/aromatic N) is 2. The van der Waals surface area contributed by atoms with Crippen molar-refractivity contribution in [1.29, 1.82) is 0 Å². The summed E-state index contributed by atoms with van der Waals surface area (Å²) >= 11 is 0. The number of rotatable bonds is 8. The fourth-order valence-corrected chi connectivity index (χ4v) is 3.26. The summed E-state index contributed by atoms with van der Waals surface area (Å²) in [5, 5.41) is 12.2. The molecule has 2 saturated carbocycles. The van der Waals surface area contributed by atoms with Crippen molar-refractivity contribution in [2.75, 3.05) is 13.1 Å². The molecule has 0 aliphatic heterocycles. The van der Waals surface area contributed by atoms with Crippen LogP contribution in [0.25, 0.3) is 0 Å². The number of aliphatic carboxylic acids is 1. The first-order valence-corrected chi connectivity index (χ1v) is 8.69. The van der Waals surface area contributed by atoms with E-state index in [9.17, 15) is 9.59 Å². The normalized spacial score (nSPS) is 24.2. The molecule has 1 aromatic heterocycles. The van der Waals surface area contributed by atoms with Crippen molar-refractivity contribution in [2.24, 2.45) is 5.92 Å². The number of carboxylic acids is 1. The largest absolute Gasteiger partial charge is 0.480 e. The molecule has 6 heteroatoms. The van der Waals surface area contributed by atoms with Crippen molar-refractivity contribution in [2.45, 2.75) is 50.6 Å². The number of amides is 1. The summed E-state index contributed by atoms with van der Waals surface area (Å²) in [6.07, 6.45) is 7.52. The summed E-state index contributed by atoms with van der Waals surface area (Å²) in [7, 11) is 0. The molecule has 2 fully saturated rings. The Bertz CT molecular complexity index is 582. The molecule has 1 atom stereocenters. The Kier molecular flexibility index (Phi) is 5.14. The highest BCUT2D eigenvalue weighted by atomic mass is 16.4. The van der Waals surface area contributed by atoms with Crippen LogP contribution in [-0.4, -0.2) is 52.0 Å². The molecule has 0 saturated heterocycles. The van der Waals surface area contributed by atoms with Crippen LogP contribution >= 0.6 is 0 Å². The van der Waals surface area contributed by atoms with Crippen molar-refractivity contribution < 1.29 is 14.7 Å². The molecule has 3 rings (SSSR count). The summed E-state index contributed by atoms with van der Waals surface area (Å²) < 4.78 is 0. The molecule has 2 aliphatic carbocycles. The average molecular weight is 331 g/mol. The van der Waals surface area contributed by atoms with Gasteiger partial charge in [0.2, 0.25) is 5.91 Å². The smallest absolute Gasteiger partial charge is 0.317 e. The second-order valence-corrected chi connectivity index (χ2v) is 7.11. The lowest BCUT2D eigenvalue weighted by molar-refractivity contribution is -0.140. The zero-order valence-electron chi connectivity index (χ0n) is 14.0. The molecule has 6 nitrogen and oxygen atoms in total. The van der Waals surface area contributed by atoms with Gasteiger partial charge in [0, 0.05) is 31.0 Å². The third-order valence-corrected chi connectivity index (χ3v) is 5.08. The maximum atomic E-state index is 12.3. The van der Waals surface area contributed by atoms with E-state index in [0.717, 1.165) is 24.9 Å². The van der Waals surface area contributed by atoms with Crippen molar-refractivity contribution >= 4 is 11.9 Å². The Labute approximate surface area is 142 Å². The van der Waals surface area contributed by atoms with Crippen LogP contribution in [0.2, 0.25) is 0 Å². The van der Waals surface area contributed by atoms with E-state index in [1.165, 1.54) is 12.8 Å². The van der Waals surface area contributed by atoms with E-state index in [0.29, 0.717) is 5.92 Å². The van der Waals surface area contributed by atoms with Gasteiger partial charge in [-0.1, -0.05) is 6.07 Å². The monoisotopic (exact) mass is 331 g/mol. The minimum Gasteiger partial charge on any atom is -0.480 e. The van der Waals surface area contributed by atoms with E-state index >= 15 is 0 Å². The number of hydrogen-bond donors (Lipinski definition) is 2. The second-order valence-electron chi connectivity index (χ2n) is 7.11. The number of aromatic nitrogens is 1. The van der Waals surface area contributed by atoms with Gasteiger partial charge in [-0.2, -0.15) is 0 Å². The Morgan fingerprint density at radius 1 is 1.42 bits per heavy atom. The SMILES string of the molecule is C[C@H](C(=O)NC1CC(N(CC(=O)O)CC2CC2)C1)c1cccnc1. The number of hydrogen-bond acceptors (Lipinski definition) is 4. The quantitative estimate of drug-likeness (QED) is 0.756. The molecule has 1 heterocycles. The maximum Gasteiger partial charge on any atom is 0.317 e. The standard InChI is InChI=1S/C18H25N3O3/c1-12(14-3-2-6-19-9-14)18(24)20-15-7-16(8-15)21(11-17(22)23)10-13-4-5-13/h2-3,6,9,12-13,15-16H,4-5,7-8,10-11H2,1H3,(H,20,24)(H,22,23)/t12-,15?,16?/m0/s1. The van der Waals surface area contributed by atoms with E-state index < -0.39 is 5.97 Å². The van der Waals surface area contributed by atoms with Gasteiger partial charge in [-0.15, -0.1) is 0 Å². The molecular weight excluding hydrogens is 306 g/mol. The molecule has 1 aromatic rings. The third-order valence-electron chi connectivity index (χ3n) is 5.08. The Morgan fingerprint density at radius 3 is 2.75 bits per heavy atom. The van der Waals surface area contributed by atoms with Crippen LogP contribution in [0.1, 0.15) is 44.1 Å². The van der Waals surface area contributed by atoms with Crippen LogP contribution in [0, 0.1) is 5.92 Å². The van der Waals surface area contributed by atoms with Gasteiger partial charge in [0.25, 0.3) is 0 Å². The Balaban J connectivity index is 1.46. The molecule has 24 heavy (non-hydrogen) atoms. The predicted octanol–water partition coefficient (Wildman–Crippen LogP) is 1.63. The first-order valence-electron chi connectivity index (χ1n) is 8.69. The van der Waals surface area contributed by atoms with E-state index in [2.05, 4.69) is 15.2 Å². The van der Waals surface area contributed by atoms with Gasteiger partial charge in [-0.05, 0) is 50.2 Å². The number of carbonyl (C=O) groups is 2. The fourth-order valence-electron chi connectivity index (χ4n) is 3.26. The first-order chi connectivity index (χ1) is 11.5. The minimum atomic E-state index is -0.770. The van der Waals surface area contributed by atoms with Crippen LogP contribution in [0.15, 0.2) is 24.5 Å². The van der Waals surface area contributed by atoms with E-state index in [-0.39, 0.29) is 30.5 Å². The zero-order chi connectivity index (χ0) is 17.1. The molecule has 0 aromatic carbocycles. The highest BCUT2D eigenvalue weighted by molar-refractivity contribution is 5.83. The van der Waals surface area contributed by atoms with Gasteiger partial charge in [0.15, 0.2) is 0 Å². The lowest BCUT2D eigenvalue weighted by Gasteiger charge is -2.43. The second kappa shape index (κ2) is 7.30. The highest BCUT2D eigenvalue weighted by Crippen LogP contribution is 2.34. The topological polar surface area (TPSA) is 82.5 Å². The summed E-state index contributed by atoms with van der Waals surface area (Å²) in [5.41, 5.74) is 0.909. The molecular formula is C18H25N3O3. The molecule has 0 unspecified atom stereocenters. The van der Waals surface area contributed by atoms with Gasteiger partial charge in [-0.25, -0.2) is 0 Å². The molecule has 2 aliphatic rings. The van der Waals surface area contributed by atoms with E-state index in [1.54, 1.807) is 12.4 Å². The van der Waals surface area contributed by atoms with E-state index in [1.807, 2.05) is 19.1 Å². The number of pyridine rings is 1. The van der Waals surface area contributed by atoms with Gasteiger partial charge >= 0.3 is 5.97 Å². The van der Waals surface area contributed by atoms with Crippen LogP contribution in [-0.2, 0) is 9.59 Å². The van der Waals surface area contributed by atoms with Crippen molar-refractivity contribution in [1.82, 2.24) is 15.2 Å². The minimum absolute atomic E-state index is 0.0124. The van der Waals surface area contributed by atoms with Crippen molar-refractivity contribution in [3.05, 3.63) is 30.1 Å². The fraction of sp³-hybridized carbons (Fsp3) is 0.611. The third kappa shape index (κ3) is 4.32. The first kappa shape index (κ1) is 16.9. The van der Waals surface area contributed by atoms with Crippen molar-refractivity contribution in [3.8, 4) is 0 Å². The lowest BCUT2D eigenvalue weighted by Crippen LogP contribution is -2.55. The summed E-state index contributed by atoms with van der Waals surface area (Å²) in [4.78, 5) is 29.5. The predicted molar refractivity (Wildman–Crippen MR) is 89.5 cm³/mol. The molecule has 1 amide bonds. The maximum absolute atomic E-state index is 12.3. The molecule has 0 spiro atoms. The highest BCUT2D eigenvalue weighted by Gasteiger charge is 2.38. The summed E-state index contributed by atoms with van der Waals surface area (Å²) in [6, 6.07) is 4.17.